The van der Waals surface area contributed by atoms with Crippen LogP contribution < -0.4 is 5.32 Å². The number of carbonyl (C=O) groups is 2. The first kappa shape index (κ1) is 24.6. The normalized spacial score (nSPS) is 11.4. The van der Waals surface area contributed by atoms with E-state index < -0.39 is 28.3 Å². The summed E-state index contributed by atoms with van der Waals surface area (Å²) in [5.41, 5.74) is -0.439. The molecule has 0 unspecified atom stereocenters. The second kappa shape index (κ2) is 9.63. The van der Waals surface area contributed by atoms with Gasteiger partial charge in [-0.05, 0) is 65.3 Å². The average molecular weight is 444 g/mol. The number of ether oxygens (including phenoxy) is 2. The summed E-state index contributed by atoms with van der Waals surface area (Å²) in [6.45, 7) is 10.2. The number of pyridine rings is 1. The number of nitrogens with zero attached hydrogens (tertiary/aromatic N) is 3. The molecule has 1 aromatic heterocycles. The summed E-state index contributed by atoms with van der Waals surface area (Å²) in [7, 11) is 0. The lowest BCUT2D eigenvalue weighted by Gasteiger charge is -2.28. The number of amides is 2. The molecule has 1 heterocycles. The largest absolute Gasteiger partial charge is 0.443 e. The number of nitrogens with one attached hydrogen (secondary N) is 1. The third kappa shape index (κ3) is 7.86. The molecule has 0 radical (unpaired) electrons. The fraction of sp³-hybridized carbons (Fsp3) is 0.409. The number of carbonyl (C=O) groups excluding carboxylic acids is 2. The van der Waals surface area contributed by atoms with Crippen LogP contribution in [-0.2, 0) is 16.0 Å². The Hall–Kier alpha value is -3.69. The fourth-order valence-electron chi connectivity index (χ4n) is 2.48. The van der Waals surface area contributed by atoms with E-state index in [2.05, 4.69) is 10.3 Å². The van der Waals surface area contributed by atoms with Crippen molar-refractivity contribution in [1.29, 1.82) is 0 Å². The van der Waals surface area contributed by atoms with Crippen LogP contribution in [0.3, 0.4) is 0 Å². The van der Waals surface area contributed by atoms with E-state index in [9.17, 15) is 19.7 Å². The highest BCUT2D eigenvalue weighted by Gasteiger charge is 2.31. The van der Waals surface area contributed by atoms with Gasteiger partial charge < -0.3 is 14.8 Å². The highest BCUT2D eigenvalue weighted by molar-refractivity contribution is 5.88. The summed E-state index contributed by atoms with van der Waals surface area (Å²) >= 11 is 0. The van der Waals surface area contributed by atoms with Crippen molar-refractivity contribution >= 4 is 29.4 Å². The number of rotatable bonds is 5. The van der Waals surface area contributed by atoms with Gasteiger partial charge in [0.15, 0.2) is 0 Å². The first-order valence-corrected chi connectivity index (χ1v) is 9.93. The minimum Gasteiger partial charge on any atom is -0.443 e. The van der Waals surface area contributed by atoms with E-state index >= 15 is 0 Å². The van der Waals surface area contributed by atoms with Crippen molar-refractivity contribution in [2.75, 3.05) is 5.32 Å². The zero-order valence-electron chi connectivity index (χ0n) is 19.0. The van der Waals surface area contributed by atoms with Crippen LogP contribution in [0.15, 0.2) is 42.6 Å². The summed E-state index contributed by atoms with van der Waals surface area (Å²) in [5, 5.41) is 13.8. The van der Waals surface area contributed by atoms with Crippen molar-refractivity contribution in [2.45, 2.75) is 59.3 Å². The molecule has 0 aliphatic rings. The number of nitro groups is 1. The van der Waals surface area contributed by atoms with Crippen molar-refractivity contribution in [1.82, 2.24) is 9.88 Å². The summed E-state index contributed by atoms with van der Waals surface area (Å²) in [4.78, 5) is 40.5. The number of imide groups is 1. The molecule has 0 saturated carbocycles. The molecule has 0 saturated heterocycles. The van der Waals surface area contributed by atoms with Crippen LogP contribution in [0.25, 0.3) is 0 Å². The molecule has 0 aliphatic heterocycles. The molecule has 2 amide bonds. The highest BCUT2D eigenvalue weighted by atomic mass is 16.6. The number of hydrogen-bond donors (Lipinski definition) is 1. The predicted molar refractivity (Wildman–Crippen MR) is 119 cm³/mol. The Morgan fingerprint density at radius 1 is 1.03 bits per heavy atom. The van der Waals surface area contributed by atoms with E-state index in [1.54, 1.807) is 65.8 Å². The van der Waals surface area contributed by atoms with Gasteiger partial charge in [0.1, 0.15) is 23.2 Å². The molecule has 32 heavy (non-hydrogen) atoms. The average Bonchev–Trinajstić information content (AvgIpc) is 2.64. The topological polar surface area (TPSA) is 124 Å². The SMILES string of the molecule is CC(C)(C)OC(=O)N(Cc1cccc(Nc2ccc([N+](=O)[O-])cn2)c1)C(=O)OC(C)(C)C. The van der Waals surface area contributed by atoms with Crippen LogP contribution in [0, 0.1) is 10.1 Å². The van der Waals surface area contributed by atoms with Gasteiger partial charge in [-0.2, -0.15) is 0 Å². The van der Waals surface area contributed by atoms with E-state index in [0.717, 1.165) is 11.1 Å². The van der Waals surface area contributed by atoms with E-state index in [-0.39, 0.29) is 12.2 Å². The molecule has 0 bridgehead atoms. The van der Waals surface area contributed by atoms with Gasteiger partial charge >= 0.3 is 12.2 Å². The number of anilines is 2. The molecule has 10 heteroatoms. The van der Waals surface area contributed by atoms with Gasteiger partial charge in [-0.15, -0.1) is 0 Å². The van der Waals surface area contributed by atoms with E-state index in [1.807, 2.05) is 0 Å². The van der Waals surface area contributed by atoms with Crippen molar-refractivity contribution in [3.05, 3.63) is 58.3 Å². The molecule has 0 aliphatic carbocycles. The second-order valence-electron chi connectivity index (χ2n) is 9.03. The first-order valence-electron chi connectivity index (χ1n) is 9.93. The summed E-state index contributed by atoms with van der Waals surface area (Å²) in [6.07, 6.45) is -0.483. The zero-order chi connectivity index (χ0) is 24.1. The van der Waals surface area contributed by atoms with Gasteiger partial charge in [-0.1, -0.05) is 12.1 Å². The third-order valence-corrected chi connectivity index (χ3v) is 3.73. The quantitative estimate of drug-likeness (QED) is 0.480. The van der Waals surface area contributed by atoms with Crippen LogP contribution in [-0.4, -0.2) is 38.2 Å². The minimum atomic E-state index is -0.817. The van der Waals surface area contributed by atoms with E-state index in [1.165, 1.54) is 12.1 Å². The Morgan fingerprint density at radius 3 is 2.09 bits per heavy atom. The van der Waals surface area contributed by atoms with Gasteiger partial charge in [0, 0.05) is 11.8 Å². The lowest BCUT2D eigenvalue weighted by atomic mass is 10.2. The second-order valence-corrected chi connectivity index (χ2v) is 9.03. The van der Waals surface area contributed by atoms with Gasteiger partial charge in [0.25, 0.3) is 5.69 Å². The number of hydrogen-bond acceptors (Lipinski definition) is 8. The Balaban J connectivity index is 2.22. The Bertz CT molecular complexity index is 949. The Labute approximate surface area is 186 Å². The highest BCUT2D eigenvalue weighted by Crippen LogP contribution is 2.21. The monoisotopic (exact) mass is 444 g/mol. The molecule has 172 valence electrons. The predicted octanol–water partition coefficient (Wildman–Crippen LogP) is 5.41. The number of benzene rings is 1. The molecule has 0 fully saturated rings. The van der Waals surface area contributed by atoms with E-state index in [0.29, 0.717) is 17.1 Å². The maximum atomic E-state index is 12.7. The zero-order valence-corrected chi connectivity index (χ0v) is 19.0. The first-order chi connectivity index (χ1) is 14.7. The Morgan fingerprint density at radius 2 is 1.62 bits per heavy atom. The fourth-order valence-corrected chi connectivity index (χ4v) is 2.48. The van der Waals surface area contributed by atoms with Crippen LogP contribution in [0.1, 0.15) is 47.1 Å². The molecule has 0 spiro atoms. The van der Waals surface area contributed by atoms with Crippen molar-refractivity contribution < 1.29 is 24.0 Å². The standard InChI is InChI=1S/C22H28N4O6/c1-21(2,3)31-19(27)25(20(28)32-22(4,5)6)14-15-8-7-9-16(12-15)24-18-11-10-17(13-23-18)26(29)30/h7-13H,14H2,1-6H3,(H,23,24). The third-order valence-electron chi connectivity index (χ3n) is 3.73. The van der Waals surface area contributed by atoms with Crippen LogP contribution in [0.2, 0.25) is 0 Å². The smallest absolute Gasteiger partial charge is 0.420 e. The van der Waals surface area contributed by atoms with Gasteiger partial charge in [-0.3, -0.25) is 10.1 Å². The van der Waals surface area contributed by atoms with Crippen LogP contribution >= 0.6 is 0 Å². The molecule has 0 atom stereocenters. The van der Waals surface area contributed by atoms with Gasteiger partial charge in [-0.25, -0.2) is 19.5 Å². The maximum Gasteiger partial charge on any atom is 0.420 e. The summed E-state index contributed by atoms with van der Waals surface area (Å²) in [5.74, 6) is 0.406. The number of aromatic nitrogens is 1. The molecular weight excluding hydrogens is 416 g/mol. The molecule has 2 rings (SSSR count). The molecule has 2 aromatic rings. The van der Waals surface area contributed by atoms with Gasteiger partial charge in [0.05, 0.1) is 11.5 Å². The summed E-state index contributed by atoms with van der Waals surface area (Å²) < 4.78 is 10.7. The van der Waals surface area contributed by atoms with Crippen LogP contribution in [0.5, 0.6) is 0 Å². The molecule has 1 N–H and O–H groups in total. The van der Waals surface area contributed by atoms with Crippen molar-refractivity contribution in [2.24, 2.45) is 0 Å². The molecule has 1 aromatic carbocycles. The van der Waals surface area contributed by atoms with Crippen molar-refractivity contribution in [3.8, 4) is 0 Å². The Kier molecular flexibility index (Phi) is 7.40. The maximum absolute atomic E-state index is 12.7. The molecule has 10 nitrogen and oxygen atoms in total. The van der Waals surface area contributed by atoms with Crippen LogP contribution in [0.4, 0.5) is 26.8 Å². The lowest BCUT2D eigenvalue weighted by Crippen LogP contribution is -2.43. The van der Waals surface area contributed by atoms with Gasteiger partial charge in [0.2, 0.25) is 0 Å². The summed E-state index contributed by atoms with van der Waals surface area (Å²) in [6, 6.07) is 9.80. The van der Waals surface area contributed by atoms with E-state index in [4.69, 9.17) is 9.47 Å². The van der Waals surface area contributed by atoms with Crippen molar-refractivity contribution in [3.63, 3.8) is 0 Å². The lowest BCUT2D eigenvalue weighted by molar-refractivity contribution is -0.385. The molecular formula is C22H28N4O6. The minimum absolute atomic E-state index is 0.0764.